The minimum Gasteiger partial charge on any atom is -0.368 e. The molecule has 0 bridgehead atoms. The summed E-state index contributed by atoms with van der Waals surface area (Å²) in [6, 6.07) is 7.14. The third-order valence-electron chi connectivity index (χ3n) is 5.49. The molecule has 0 aliphatic carbocycles. The standard InChI is InChI=1S/C21H28N4O4/c1-15(26)16-6-8-17(9-7-16)23-11-13-24(14-12-23)18(27)5-4-10-25-19(28)21(2,3)22-20(25)29/h6-9H,4-5,10-14H2,1-3H3,(H,22,29). The molecule has 0 radical (unpaired) electrons. The number of rotatable bonds is 6. The Morgan fingerprint density at radius 3 is 2.17 bits per heavy atom. The fourth-order valence-corrected chi connectivity index (χ4v) is 3.69. The van der Waals surface area contributed by atoms with Crippen LogP contribution in [-0.2, 0) is 9.59 Å². The number of nitrogens with one attached hydrogen (secondary N) is 1. The molecule has 8 nitrogen and oxygen atoms in total. The lowest BCUT2D eigenvalue weighted by atomic mass is 10.1. The number of hydrogen-bond donors (Lipinski definition) is 1. The number of piperazine rings is 1. The van der Waals surface area contributed by atoms with Crippen molar-refractivity contribution in [1.82, 2.24) is 15.1 Å². The minimum absolute atomic E-state index is 0.0443. The molecule has 4 amide bonds. The van der Waals surface area contributed by atoms with Crippen molar-refractivity contribution in [3.8, 4) is 0 Å². The summed E-state index contributed by atoms with van der Waals surface area (Å²) in [6.45, 7) is 7.86. The van der Waals surface area contributed by atoms with Crippen molar-refractivity contribution in [2.75, 3.05) is 37.6 Å². The second-order valence-corrected chi connectivity index (χ2v) is 8.09. The number of carbonyl (C=O) groups is 4. The highest BCUT2D eigenvalue weighted by Crippen LogP contribution is 2.19. The molecule has 2 aliphatic rings. The van der Waals surface area contributed by atoms with E-state index >= 15 is 0 Å². The molecule has 29 heavy (non-hydrogen) atoms. The van der Waals surface area contributed by atoms with Gasteiger partial charge in [0.15, 0.2) is 5.78 Å². The largest absolute Gasteiger partial charge is 0.368 e. The van der Waals surface area contributed by atoms with Crippen LogP contribution >= 0.6 is 0 Å². The van der Waals surface area contributed by atoms with Gasteiger partial charge in [-0.15, -0.1) is 0 Å². The van der Waals surface area contributed by atoms with Gasteiger partial charge in [-0.05, 0) is 51.5 Å². The fourth-order valence-electron chi connectivity index (χ4n) is 3.69. The topological polar surface area (TPSA) is 90.0 Å². The van der Waals surface area contributed by atoms with Gasteiger partial charge in [0.25, 0.3) is 5.91 Å². The number of urea groups is 1. The lowest BCUT2D eigenvalue weighted by Gasteiger charge is -2.36. The third kappa shape index (κ3) is 4.58. The molecule has 1 aromatic carbocycles. The zero-order valence-electron chi connectivity index (χ0n) is 17.2. The highest BCUT2D eigenvalue weighted by atomic mass is 16.2. The van der Waals surface area contributed by atoms with Gasteiger partial charge >= 0.3 is 6.03 Å². The molecule has 2 aliphatic heterocycles. The van der Waals surface area contributed by atoms with Crippen LogP contribution in [0, 0.1) is 0 Å². The predicted octanol–water partition coefficient (Wildman–Crippen LogP) is 1.65. The first-order chi connectivity index (χ1) is 13.7. The maximum atomic E-state index is 12.5. The summed E-state index contributed by atoms with van der Waals surface area (Å²) >= 11 is 0. The van der Waals surface area contributed by atoms with Gasteiger partial charge in [-0.2, -0.15) is 0 Å². The highest BCUT2D eigenvalue weighted by molar-refractivity contribution is 6.06. The maximum absolute atomic E-state index is 12.5. The monoisotopic (exact) mass is 400 g/mol. The van der Waals surface area contributed by atoms with Crippen LogP contribution in [0.4, 0.5) is 10.5 Å². The van der Waals surface area contributed by atoms with Crippen molar-refractivity contribution in [3.05, 3.63) is 29.8 Å². The van der Waals surface area contributed by atoms with Gasteiger partial charge in [-0.25, -0.2) is 4.79 Å². The van der Waals surface area contributed by atoms with E-state index in [2.05, 4.69) is 10.2 Å². The molecule has 0 aromatic heterocycles. The summed E-state index contributed by atoms with van der Waals surface area (Å²) in [4.78, 5) is 53.1. The van der Waals surface area contributed by atoms with Crippen LogP contribution < -0.4 is 10.2 Å². The summed E-state index contributed by atoms with van der Waals surface area (Å²) in [7, 11) is 0. The third-order valence-corrected chi connectivity index (χ3v) is 5.49. The minimum atomic E-state index is -0.875. The summed E-state index contributed by atoms with van der Waals surface area (Å²) < 4.78 is 0. The average molecular weight is 400 g/mol. The van der Waals surface area contributed by atoms with Gasteiger partial charge in [0, 0.05) is 50.4 Å². The summed E-state index contributed by atoms with van der Waals surface area (Å²) in [5.74, 6) is -0.161. The summed E-state index contributed by atoms with van der Waals surface area (Å²) in [6.07, 6.45) is 0.769. The predicted molar refractivity (Wildman–Crippen MR) is 109 cm³/mol. The number of Topliss-reactive ketones (excluding diaryl/α,β-unsaturated/α-hetero) is 1. The molecule has 2 saturated heterocycles. The smallest absolute Gasteiger partial charge is 0.325 e. The molecule has 156 valence electrons. The van der Waals surface area contributed by atoms with E-state index in [1.165, 1.54) is 4.90 Å². The number of anilines is 1. The molecular formula is C21H28N4O4. The van der Waals surface area contributed by atoms with Crippen LogP contribution in [0.3, 0.4) is 0 Å². The van der Waals surface area contributed by atoms with Crippen LogP contribution in [0.15, 0.2) is 24.3 Å². The number of imide groups is 1. The Labute approximate surface area is 170 Å². The molecule has 0 atom stereocenters. The highest BCUT2D eigenvalue weighted by Gasteiger charge is 2.43. The number of nitrogens with zero attached hydrogens (tertiary/aromatic N) is 3. The van der Waals surface area contributed by atoms with E-state index in [-0.39, 0.29) is 24.1 Å². The Bertz CT molecular complexity index is 810. The van der Waals surface area contributed by atoms with Gasteiger partial charge in [-0.1, -0.05) is 0 Å². The normalized spacial score (nSPS) is 18.8. The first kappa shape index (κ1) is 20.8. The van der Waals surface area contributed by atoms with E-state index in [9.17, 15) is 19.2 Å². The van der Waals surface area contributed by atoms with Crippen LogP contribution in [0.2, 0.25) is 0 Å². The van der Waals surface area contributed by atoms with E-state index in [0.717, 1.165) is 18.8 Å². The Morgan fingerprint density at radius 1 is 1.03 bits per heavy atom. The lowest BCUT2D eigenvalue weighted by molar-refractivity contribution is -0.133. The average Bonchev–Trinajstić information content (AvgIpc) is 2.89. The zero-order valence-corrected chi connectivity index (χ0v) is 17.2. The van der Waals surface area contributed by atoms with Crippen molar-refractivity contribution >= 4 is 29.3 Å². The van der Waals surface area contributed by atoms with E-state index in [1.54, 1.807) is 20.8 Å². The van der Waals surface area contributed by atoms with E-state index in [4.69, 9.17) is 0 Å². The van der Waals surface area contributed by atoms with E-state index in [0.29, 0.717) is 31.5 Å². The molecular weight excluding hydrogens is 372 g/mol. The Hall–Kier alpha value is -2.90. The molecule has 0 unspecified atom stereocenters. The quantitative estimate of drug-likeness (QED) is 0.579. The molecule has 0 saturated carbocycles. The number of ketones is 1. The second-order valence-electron chi connectivity index (χ2n) is 8.09. The SMILES string of the molecule is CC(=O)c1ccc(N2CCN(C(=O)CCCN3C(=O)NC(C)(C)C3=O)CC2)cc1. The maximum Gasteiger partial charge on any atom is 0.325 e. The number of carbonyl (C=O) groups excluding carboxylic acids is 4. The second kappa shape index (κ2) is 8.23. The number of benzene rings is 1. The first-order valence-corrected chi connectivity index (χ1v) is 9.97. The van der Waals surface area contributed by atoms with E-state index in [1.807, 2.05) is 29.2 Å². The molecule has 2 fully saturated rings. The Kier molecular flexibility index (Phi) is 5.91. The number of hydrogen-bond acceptors (Lipinski definition) is 5. The van der Waals surface area contributed by atoms with Gasteiger partial charge in [-0.3, -0.25) is 19.3 Å². The Balaban J connectivity index is 1.44. The van der Waals surface area contributed by atoms with Crippen LogP contribution in [0.1, 0.15) is 44.0 Å². The molecule has 3 rings (SSSR count). The van der Waals surface area contributed by atoms with Crippen LogP contribution in [-0.4, -0.2) is 71.7 Å². The van der Waals surface area contributed by atoms with Crippen LogP contribution in [0.5, 0.6) is 0 Å². The van der Waals surface area contributed by atoms with Crippen molar-refractivity contribution in [2.24, 2.45) is 0 Å². The summed E-state index contributed by atoms with van der Waals surface area (Å²) in [5, 5.41) is 2.64. The zero-order chi connectivity index (χ0) is 21.2. The van der Waals surface area contributed by atoms with E-state index < -0.39 is 11.6 Å². The summed E-state index contributed by atoms with van der Waals surface area (Å²) in [5.41, 5.74) is 0.861. The van der Waals surface area contributed by atoms with Crippen LogP contribution in [0.25, 0.3) is 0 Å². The van der Waals surface area contributed by atoms with Gasteiger partial charge in [0.2, 0.25) is 5.91 Å². The molecule has 1 N–H and O–H groups in total. The van der Waals surface area contributed by atoms with Crippen molar-refractivity contribution in [3.63, 3.8) is 0 Å². The van der Waals surface area contributed by atoms with Crippen molar-refractivity contribution in [1.29, 1.82) is 0 Å². The molecule has 8 heteroatoms. The fraction of sp³-hybridized carbons (Fsp3) is 0.524. The Morgan fingerprint density at radius 2 is 1.66 bits per heavy atom. The number of amides is 4. The molecule has 1 aromatic rings. The van der Waals surface area contributed by atoms with Crippen molar-refractivity contribution < 1.29 is 19.2 Å². The molecule has 2 heterocycles. The lowest BCUT2D eigenvalue weighted by Crippen LogP contribution is -2.49. The van der Waals surface area contributed by atoms with Gasteiger partial charge in [0.05, 0.1) is 0 Å². The van der Waals surface area contributed by atoms with Gasteiger partial charge < -0.3 is 15.1 Å². The molecule has 0 spiro atoms. The van der Waals surface area contributed by atoms with Crippen molar-refractivity contribution in [2.45, 2.75) is 39.2 Å². The first-order valence-electron chi connectivity index (χ1n) is 9.97. The van der Waals surface area contributed by atoms with Gasteiger partial charge in [0.1, 0.15) is 5.54 Å².